The van der Waals surface area contributed by atoms with Gasteiger partial charge in [0.05, 0.1) is 10.6 Å². The molecule has 5 nitrogen and oxygen atoms in total. The number of H-pyrrole nitrogens is 1. The maximum Gasteiger partial charge on any atom is 0.259 e. The predicted octanol–water partition coefficient (Wildman–Crippen LogP) is 2.36. The van der Waals surface area contributed by atoms with Crippen LogP contribution in [0.1, 0.15) is 10.4 Å². The molecule has 0 saturated heterocycles. The van der Waals surface area contributed by atoms with Crippen LogP contribution in [0.3, 0.4) is 0 Å². The van der Waals surface area contributed by atoms with E-state index in [4.69, 9.17) is 23.2 Å². The maximum atomic E-state index is 11.7. The summed E-state index contributed by atoms with van der Waals surface area (Å²) < 4.78 is 0. The first-order valence-electron chi connectivity index (χ1n) is 4.28. The number of amides is 1. The van der Waals surface area contributed by atoms with Gasteiger partial charge in [0.25, 0.3) is 5.91 Å². The Balaban J connectivity index is 2.24. The molecule has 1 amide bonds. The monoisotopic (exact) mass is 256 g/mol. The van der Waals surface area contributed by atoms with Crippen LogP contribution < -0.4 is 5.32 Å². The summed E-state index contributed by atoms with van der Waals surface area (Å²) in [7, 11) is 0. The second-order valence-electron chi connectivity index (χ2n) is 2.91. The van der Waals surface area contributed by atoms with Crippen LogP contribution in [0, 0.1) is 0 Å². The zero-order valence-electron chi connectivity index (χ0n) is 7.87. The first-order chi connectivity index (χ1) is 7.66. The van der Waals surface area contributed by atoms with Crippen molar-refractivity contribution in [2.75, 3.05) is 5.32 Å². The minimum Gasteiger partial charge on any atom is -0.291 e. The molecule has 0 aliphatic carbocycles. The van der Waals surface area contributed by atoms with Crippen LogP contribution in [0.5, 0.6) is 0 Å². The molecule has 0 bridgehead atoms. The Morgan fingerprint density at radius 1 is 1.38 bits per heavy atom. The van der Waals surface area contributed by atoms with Crippen molar-refractivity contribution in [2.45, 2.75) is 0 Å². The van der Waals surface area contributed by atoms with Gasteiger partial charge in [-0.3, -0.25) is 10.1 Å². The largest absolute Gasteiger partial charge is 0.291 e. The van der Waals surface area contributed by atoms with Gasteiger partial charge in [-0.1, -0.05) is 23.2 Å². The molecule has 1 aromatic heterocycles. The standard InChI is InChI=1S/C9H6Cl2N4O/c10-5-1-2-7(11)6(3-5)8(16)14-9-12-4-13-15-9/h1-4H,(H2,12,13,14,15,16). The fourth-order valence-corrected chi connectivity index (χ4v) is 1.49. The van der Waals surface area contributed by atoms with Crippen LogP contribution >= 0.6 is 23.2 Å². The molecule has 1 aromatic carbocycles. The third-order valence-electron chi connectivity index (χ3n) is 1.82. The van der Waals surface area contributed by atoms with E-state index in [2.05, 4.69) is 20.5 Å². The van der Waals surface area contributed by atoms with Gasteiger partial charge in [-0.2, -0.15) is 10.1 Å². The highest BCUT2D eigenvalue weighted by molar-refractivity contribution is 6.36. The summed E-state index contributed by atoms with van der Waals surface area (Å²) >= 11 is 11.6. The molecular weight excluding hydrogens is 251 g/mol. The van der Waals surface area contributed by atoms with E-state index >= 15 is 0 Å². The minimum atomic E-state index is -0.399. The Bertz CT molecular complexity index is 512. The van der Waals surface area contributed by atoms with E-state index in [1.807, 2.05) is 0 Å². The molecule has 0 radical (unpaired) electrons. The van der Waals surface area contributed by atoms with Gasteiger partial charge in [0.2, 0.25) is 5.95 Å². The smallest absolute Gasteiger partial charge is 0.259 e. The molecule has 7 heteroatoms. The van der Waals surface area contributed by atoms with Gasteiger partial charge in [-0.15, -0.1) is 0 Å². The normalized spacial score (nSPS) is 10.1. The number of carbonyl (C=O) groups excluding carboxylic acids is 1. The minimum absolute atomic E-state index is 0.251. The summed E-state index contributed by atoms with van der Waals surface area (Å²) in [6.07, 6.45) is 1.29. The number of benzene rings is 1. The summed E-state index contributed by atoms with van der Waals surface area (Å²) in [4.78, 5) is 15.5. The van der Waals surface area contributed by atoms with Crippen LogP contribution in [-0.4, -0.2) is 21.1 Å². The lowest BCUT2D eigenvalue weighted by Gasteiger charge is -2.04. The molecule has 0 unspecified atom stereocenters. The zero-order chi connectivity index (χ0) is 11.5. The molecule has 2 aromatic rings. The van der Waals surface area contributed by atoms with Crippen molar-refractivity contribution in [2.24, 2.45) is 0 Å². The molecule has 0 aliphatic heterocycles. The number of hydrogen-bond donors (Lipinski definition) is 2. The van der Waals surface area contributed by atoms with Crippen LogP contribution in [-0.2, 0) is 0 Å². The average molecular weight is 257 g/mol. The van der Waals surface area contributed by atoms with Gasteiger partial charge < -0.3 is 0 Å². The number of aromatic nitrogens is 3. The van der Waals surface area contributed by atoms with Gasteiger partial charge >= 0.3 is 0 Å². The summed E-state index contributed by atoms with van der Waals surface area (Å²) in [5.41, 5.74) is 0.283. The van der Waals surface area contributed by atoms with Crippen LogP contribution in [0.15, 0.2) is 24.5 Å². The number of carbonyl (C=O) groups is 1. The topological polar surface area (TPSA) is 70.7 Å². The number of anilines is 1. The first-order valence-corrected chi connectivity index (χ1v) is 5.04. The quantitative estimate of drug-likeness (QED) is 0.867. The van der Waals surface area contributed by atoms with Gasteiger partial charge in [0.15, 0.2) is 0 Å². The van der Waals surface area contributed by atoms with Crippen LogP contribution in [0.25, 0.3) is 0 Å². The third-order valence-corrected chi connectivity index (χ3v) is 2.38. The van der Waals surface area contributed by atoms with Crippen molar-refractivity contribution < 1.29 is 4.79 Å². The van der Waals surface area contributed by atoms with E-state index in [-0.39, 0.29) is 11.5 Å². The van der Waals surface area contributed by atoms with Crippen molar-refractivity contribution in [3.05, 3.63) is 40.1 Å². The second kappa shape index (κ2) is 4.51. The van der Waals surface area contributed by atoms with Gasteiger partial charge in [-0.05, 0) is 18.2 Å². The highest BCUT2D eigenvalue weighted by atomic mass is 35.5. The van der Waals surface area contributed by atoms with Crippen molar-refractivity contribution in [3.63, 3.8) is 0 Å². The lowest BCUT2D eigenvalue weighted by atomic mass is 10.2. The van der Waals surface area contributed by atoms with E-state index in [9.17, 15) is 4.79 Å². The van der Waals surface area contributed by atoms with Crippen molar-refractivity contribution in [1.29, 1.82) is 0 Å². The van der Waals surface area contributed by atoms with Crippen LogP contribution in [0.4, 0.5) is 5.95 Å². The van der Waals surface area contributed by atoms with Crippen LogP contribution in [0.2, 0.25) is 10.0 Å². The second-order valence-corrected chi connectivity index (χ2v) is 3.76. The Kier molecular flexibility index (Phi) is 3.07. The Morgan fingerprint density at radius 3 is 2.88 bits per heavy atom. The first kappa shape index (κ1) is 10.9. The highest BCUT2D eigenvalue weighted by Crippen LogP contribution is 2.21. The summed E-state index contributed by atoms with van der Waals surface area (Å²) in [5.74, 6) is -0.148. The lowest BCUT2D eigenvalue weighted by molar-refractivity contribution is 0.102. The molecule has 0 spiro atoms. The van der Waals surface area contributed by atoms with E-state index in [1.54, 1.807) is 12.1 Å². The average Bonchev–Trinajstić information content (AvgIpc) is 2.74. The molecule has 16 heavy (non-hydrogen) atoms. The molecule has 0 aliphatic rings. The molecular formula is C9H6Cl2N4O. The number of rotatable bonds is 2. The Labute approximate surface area is 101 Å². The number of nitrogens with one attached hydrogen (secondary N) is 2. The summed E-state index contributed by atoms with van der Waals surface area (Å²) in [5, 5.41) is 9.35. The number of nitrogens with zero attached hydrogens (tertiary/aromatic N) is 2. The van der Waals surface area contributed by atoms with Crippen molar-refractivity contribution in [1.82, 2.24) is 15.2 Å². The molecule has 2 N–H and O–H groups in total. The summed E-state index contributed by atoms with van der Waals surface area (Å²) in [6, 6.07) is 4.64. The lowest BCUT2D eigenvalue weighted by Crippen LogP contribution is -2.13. The molecule has 1 heterocycles. The van der Waals surface area contributed by atoms with E-state index in [1.165, 1.54) is 12.4 Å². The molecule has 0 fully saturated rings. The van der Waals surface area contributed by atoms with E-state index in [0.717, 1.165) is 0 Å². The fraction of sp³-hybridized carbons (Fsp3) is 0. The molecule has 82 valence electrons. The zero-order valence-corrected chi connectivity index (χ0v) is 9.38. The maximum absolute atomic E-state index is 11.7. The highest BCUT2D eigenvalue weighted by Gasteiger charge is 2.12. The SMILES string of the molecule is O=C(Nc1ncn[nH]1)c1cc(Cl)ccc1Cl. The summed E-state index contributed by atoms with van der Waals surface area (Å²) in [6.45, 7) is 0. The molecule has 0 atom stereocenters. The van der Waals surface area contributed by atoms with E-state index in [0.29, 0.717) is 10.0 Å². The van der Waals surface area contributed by atoms with Gasteiger partial charge in [-0.25, -0.2) is 5.10 Å². The van der Waals surface area contributed by atoms with Crippen molar-refractivity contribution >= 4 is 35.1 Å². The predicted molar refractivity (Wildman–Crippen MR) is 60.8 cm³/mol. The molecule has 0 saturated carbocycles. The fourth-order valence-electron chi connectivity index (χ4n) is 1.11. The Hall–Kier alpha value is -1.59. The number of halogens is 2. The van der Waals surface area contributed by atoms with Gasteiger partial charge in [0.1, 0.15) is 6.33 Å². The van der Waals surface area contributed by atoms with E-state index < -0.39 is 5.91 Å². The van der Waals surface area contributed by atoms with Gasteiger partial charge in [0, 0.05) is 5.02 Å². The molecule has 2 rings (SSSR count). The Morgan fingerprint density at radius 2 is 2.19 bits per heavy atom. The number of aromatic amines is 1. The van der Waals surface area contributed by atoms with Crippen molar-refractivity contribution in [3.8, 4) is 0 Å². The number of hydrogen-bond acceptors (Lipinski definition) is 3. The third kappa shape index (κ3) is 2.32.